The lowest BCUT2D eigenvalue weighted by Gasteiger charge is -2.18. The molecule has 3 aromatic carbocycles. The maximum absolute atomic E-state index is 12.5. The Balaban J connectivity index is 1.45. The van der Waals surface area contributed by atoms with Crippen LogP contribution in [0.25, 0.3) is 11.1 Å². The Morgan fingerprint density at radius 2 is 1.56 bits per heavy atom. The molecule has 0 spiro atoms. The molecule has 0 radical (unpaired) electrons. The van der Waals surface area contributed by atoms with Crippen molar-refractivity contribution in [2.45, 2.75) is 18.4 Å². The van der Waals surface area contributed by atoms with Crippen LogP contribution in [0.5, 0.6) is 11.5 Å². The summed E-state index contributed by atoms with van der Waals surface area (Å²) in [5, 5.41) is 21.7. The second-order valence-electron chi connectivity index (χ2n) is 7.57. The molecule has 32 heavy (non-hydrogen) atoms. The molecular formula is C25H23NO6. The Kier molecular flexibility index (Phi) is 5.98. The number of aromatic hydroxyl groups is 2. The Bertz CT molecular complexity index is 1110. The highest BCUT2D eigenvalue weighted by molar-refractivity contribution is 5.82. The van der Waals surface area contributed by atoms with Gasteiger partial charge in [0.25, 0.3) is 0 Å². The van der Waals surface area contributed by atoms with Gasteiger partial charge in [-0.1, -0.05) is 54.6 Å². The van der Waals surface area contributed by atoms with Gasteiger partial charge in [-0.2, -0.15) is 0 Å². The topological polar surface area (TPSA) is 105 Å². The van der Waals surface area contributed by atoms with Gasteiger partial charge < -0.3 is 25.0 Å². The van der Waals surface area contributed by atoms with Crippen LogP contribution in [0.1, 0.15) is 22.6 Å². The lowest BCUT2D eigenvalue weighted by Crippen LogP contribution is -2.43. The number of alkyl carbamates (subject to hydrolysis) is 1. The zero-order valence-corrected chi connectivity index (χ0v) is 17.4. The molecule has 1 amide bonds. The number of ether oxygens (including phenoxy) is 2. The summed E-state index contributed by atoms with van der Waals surface area (Å²) in [5.74, 6) is -1.33. The zero-order chi connectivity index (χ0) is 22.7. The molecule has 0 saturated heterocycles. The lowest BCUT2D eigenvalue weighted by atomic mass is 9.98. The van der Waals surface area contributed by atoms with E-state index in [-0.39, 0.29) is 30.4 Å². The van der Waals surface area contributed by atoms with Crippen molar-refractivity contribution in [1.29, 1.82) is 0 Å². The smallest absolute Gasteiger partial charge is 0.407 e. The van der Waals surface area contributed by atoms with Gasteiger partial charge in [-0.3, -0.25) is 0 Å². The molecule has 4 rings (SSSR count). The second-order valence-corrected chi connectivity index (χ2v) is 7.57. The van der Waals surface area contributed by atoms with E-state index >= 15 is 0 Å². The summed E-state index contributed by atoms with van der Waals surface area (Å²) in [5.41, 5.74) is 4.96. The molecule has 3 aromatic rings. The van der Waals surface area contributed by atoms with Gasteiger partial charge in [0.05, 0.1) is 7.11 Å². The first-order valence-electron chi connectivity index (χ1n) is 10.2. The van der Waals surface area contributed by atoms with Gasteiger partial charge in [-0.05, 0) is 39.9 Å². The molecule has 1 aliphatic carbocycles. The van der Waals surface area contributed by atoms with Gasteiger partial charge >= 0.3 is 12.1 Å². The van der Waals surface area contributed by atoms with Gasteiger partial charge in [-0.25, -0.2) is 9.59 Å². The first-order chi connectivity index (χ1) is 15.5. The third kappa shape index (κ3) is 4.23. The SMILES string of the molecule is COC(=O)[C@@H](Cc1ccc(O)c(O)c1)NC(=O)OCC1c2ccccc2-c2ccccc21. The summed E-state index contributed by atoms with van der Waals surface area (Å²) in [7, 11) is 1.23. The Morgan fingerprint density at radius 3 is 2.16 bits per heavy atom. The summed E-state index contributed by atoms with van der Waals surface area (Å²) in [4.78, 5) is 24.7. The molecule has 0 aliphatic heterocycles. The number of esters is 1. The summed E-state index contributed by atoms with van der Waals surface area (Å²) in [6.07, 6.45) is -0.685. The monoisotopic (exact) mass is 433 g/mol. The van der Waals surface area contributed by atoms with Crippen molar-refractivity contribution in [1.82, 2.24) is 5.32 Å². The van der Waals surface area contributed by atoms with E-state index in [0.29, 0.717) is 5.56 Å². The van der Waals surface area contributed by atoms with Crippen molar-refractivity contribution in [3.05, 3.63) is 83.4 Å². The molecule has 164 valence electrons. The number of rotatable bonds is 6. The molecule has 0 saturated carbocycles. The maximum atomic E-state index is 12.5. The normalized spacial score (nSPS) is 13.0. The van der Waals surface area contributed by atoms with Crippen LogP contribution in [0, 0.1) is 0 Å². The van der Waals surface area contributed by atoms with Crippen molar-refractivity contribution < 1.29 is 29.3 Å². The highest BCUT2D eigenvalue weighted by atomic mass is 16.6. The fourth-order valence-electron chi connectivity index (χ4n) is 4.05. The number of phenols is 2. The van der Waals surface area contributed by atoms with E-state index in [1.54, 1.807) is 6.07 Å². The quantitative estimate of drug-likeness (QED) is 0.404. The van der Waals surface area contributed by atoms with Crippen molar-refractivity contribution >= 4 is 12.1 Å². The van der Waals surface area contributed by atoms with Crippen LogP contribution < -0.4 is 5.32 Å². The number of carbonyl (C=O) groups excluding carboxylic acids is 2. The number of amides is 1. The molecule has 0 heterocycles. The first kappa shape index (κ1) is 21.2. The zero-order valence-electron chi connectivity index (χ0n) is 17.4. The summed E-state index contributed by atoms with van der Waals surface area (Å²) in [6.45, 7) is 0.119. The number of benzene rings is 3. The predicted molar refractivity (Wildman–Crippen MR) is 117 cm³/mol. The number of fused-ring (bicyclic) bond motifs is 3. The predicted octanol–water partition coefficient (Wildman–Crippen LogP) is 3.72. The van der Waals surface area contributed by atoms with Crippen molar-refractivity contribution in [3.63, 3.8) is 0 Å². The molecule has 7 heteroatoms. The van der Waals surface area contributed by atoms with Crippen molar-refractivity contribution in [2.24, 2.45) is 0 Å². The molecule has 0 bridgehead atoms. The molecular weight excluding hydrogens is 410 g/mol. The molecule has 0 aromatic heterocycles. The van der Waals surface area contributed by atoms with Gasteiger partial charge in [0.15, 0.2) is 11.5 Å². The summed E-state index contributed by atoms with van der Waals surface area (Å²) < 4.78 is 10.3. The number of hydrogen-bond acceptors (Lipinski definition) is 6. The van der Waals surface area contributed by atoms with Crippen LogP contribution >= 0.6 is 0 Å². The van der Waals surface area contributed by atoms with E-state index in [4.69, 9.17) is 9.47 Å². The molecule has 1 atom stereocenters. The van der Waals surface area contributed by atoms with Crippen LogP contribution in [-0.4, -0.2) is 42.0 Å². The van der Waals surface area contributed by atoms with E-state index in [1.165, 1.54) is 19.2 Å². The van der Waals surface area contributed by atoms with Gasteiger partial charge in [0.2, 0.25) is 0 Å². The fourth-order valence-corrected chi connectivity index (χ4v) is 4.05. The highest BCUT2D eigenvalue weighted by Gasteiger charge is 2.30. The van der Waals surface area contributed by atoms with Gasteiger partial charge in [0.1, 0.15) is 12.6 Å². The van der Waals surface area contributed by atoms with E-state index < -0.39 is 18.1 Å². The third-order valence-electron chi connectivity index (χ3n) is 5.60. The first-order valence-corrected chi connectivity index (χ1v) is 10.2. The van der Waals surface area contributed by atoms with E-state index in [1.807, 2.05) is 36.4 Å². The minimum atomic E-state index is -1.01. The standard InChI is InChI=1S/C25H23NO6/c1-31-24(29)21(12-15-10-11-22(27)23(28)13-15)26-25(30)32-14-20-18-8-4-2-6-16(18)17-7-3-5-9-19(17)20/h2-11,13,20-21,27-28H,12,14H2,1H3,(H,26,30)/t21-/m1/s1. The molecule has 7 nitrogen and oxygen atoms in total. The fraction of sp³-hybridized carbons (Fsp3) is 0.200. The highest BCUT2D eigenvalue weighted by Crippen LogP contribution is 2.44. The molecule has 0 fully saturated rings. The Morgan fingerprint density at radius 1 is 0.938 bits per heavy atom. The van der Waals surface area contributed by atoms with E-state index in [2.05, 4.69) is 17.4 Å². The lowest BCUT2D eigenvalue weighted by molar-refractivity contribution is -0.143. The van der Waals surface area contributed by atoms with Gasteiger partial charge in [0, 0.05) is 12.3 Å². The van der Waals surface area contributed by atoms with Crippen LogP contribution in [0.4, 0.5) is 4.79 Å². The number of phenolic OH excluding ortho intramolecular Hbond substituents is 2. The van der Waals surface area contributed by atoms with E-state index in [9.17, 15) is 19.8 Å². The molecule has 1 aliphatic rings. The van der Waals surface area contributed by atoms with Gasteiger partial charge in [-0.15, -0.1) is 0 Å². The van der Waals surface area contributed by atoms with Crippen molar-refractivity contribution in [2.75, 3.05) is 13.7 Å². The van der Waals surface area contributed by atoms with Crippen LogP contribution in [-0.2, 0) is 20.7 Å². The maximum Gasteiger partial charge on any atom is 0.407 e. The number of nitrogens with one attached hydrogen (secondary N) is 1. The number of methoxy groups -OCH3 is 1. The Hall–Kier alpha value is -4.00. The van der Waals surface area contributed by atoms with Crippen LogP contribution in [0.15, 0.2) is 66.7 Å². The molecule has 3 N–H and O–H groups in total. The van der Waals surface area contributed by atoms with E-state index in [0.717, 1.165) is 22.3 Å². The average Bonchev–Trinajstić information content (AvgIpc) is 3.13. The average molecular weight is 433 g/mol. The van der Waals surface area contributed by atoms with Crippen molar-refractivity contribution in [3.8, 4) is 22.6 Å². The number of hydrogen-bond donors (Lipinski definition) is 3. The number of carbonyl (C=O) groups is 2. The molecule has 0 unspecified atom stereocenters. The summed E-state index contributed by atoms with van der Waals surface area (Å²) >= 11 is 0. The largest absolute Gasteiger partial charge is 0.504 e. The second kappa shape index (κ2) is 9.01. The Labute approximate surface area is 185 Å². The minimum absolute atomic E-state index is 0.0602. The van der Waals surface area contributed by atoms with Crippen LogP contribution in [0.2, 0.25) is 0 Å². The van der Waals surface area contributed by atoms with Crippen LogP contribution in [0.3, 0.4) is 0 Å². The minimum Gasteiger partial charge on any atom is -0.504 e. The summed E-state index contributed by atoms with van der Waals surface area (Å²) in [6, 6.07) is 19.2. The third-order valence-corrected chi connectivity index (χ3v) is 5.60.